The van der Waals surface area contributed by atoms with Crippen molar-refractivity contribution >= 4 is 23.2 Å². The van der Waals surface area contributed by atoms with Gasteiger partial charge in [0.1, 0.15) is 5.82 Å². The maximum atomic E-state index is 13.1. The van der Waals surface area contributed by atoms with Gasteiger partial charge in [-0.05, 0) is 62.7 Å². The highest BCUT2D eigenvalue weighted by molar-refractivity contribution is 6.31. The van der Waals surface area contributed by atoms with Crippen LogP contribution in [0.4, 0.5) is 10.1 Å². The second-order valence-corrected chi connectivity index (χ2v) is 6.66. The van der Waals surface area contributed by atoms with Gasteiger partial charge >= 0.3 is 0 Å². The number of amides is 1. The van der Waals surface area contributed by atoms with E-state index in [2.05, 4.69) is 10.4 Å². The highest BCUT2D eigenvalue weighted by Gasteiger charge is 2.16. The van der Waals surface area contributed by atoms with Crippen molar-refractivity contribution in [2.24, 2.45) is 0 Å². The van der Waals surface area contributed by atoms with Gasteiger partial charge in [0, 0.05) is 22.0 Å². The molecule has 0 radical (unpaired) electrons. The molecule has 1 heterocycles. The van der Waals surface area contributed by atoms with Crippen LogP contribution >= 0.6 is 11.6 Å². The van der Waals surface area contributed by atoms with Crippen molar-refractivity contribution in [3.63, 3.8) is 0 Å². The summed E-state index contributed by atoms with van der Waals surface area (Å²) in [6, 6.07) is 11.5. The van der Waals surface area contributed by atoms with Crippen LogP contribution in [0.1, 0.15) is 22.5 Å². The molecule has 0 fully saturated rings. The number of aryl methyl sites for hydroxylation is 2. The minimum atomic E-state index is -0.299. The third-order valence-corrected chi connectivity index (χ3v) is 4.56. The average Bonchev–Trinajstić information content (AvgIpc) is 2.87. The zero-order chi connectivity index (χ0) is 18.8. The molecule has 0 aliphatic carbocycles. The Morgan fingerprint density at radius 2 is 1.85 bits per heavy atom. The summed E-state index contributed by atoms with van der Waals surface area (Å²) in [4.78, 5) is 12.5. The van der Waals surface area contributed by atoms with Crippen LogP contribution < -0.4 is 5.32 Å². The second-order valence-electron chi connectivity index (χ2n) is 6.22. The molecule has 1 amide bonds. The lowest BCUT2D eigenvalue weighted by Gasteiger charge is -2.09. The van der Waals surface area contributed by atoms with Crippen LogP contribution in [0.25, 0.3) is 5.69 Å². The van der Waals surface area contributed by atoms with Gasteiger partial charge in [-0.15, -0.1) is 0 Å². The molecule has 6 heteroatoms. The molecule has 134 valence electrons. The van der Waals surface area contributed by atoms with Crippen LogP contribution in [0.2, 0.25) is 5.02 Å². The van der Waals surface area contributed by atoms with Gasteiger partial charge in [0.05, 0.1) is 17.8 Å². The summed E-state index contributed by atoms with van der Waals surface area (Å²) in [6.45, 7) is 5.67. The maximum Gasteiger partial charge on any atom is 0.228 e. The fraction of sp³-hybridized carbons (Fsp3) is 0.200. The van der Waals surface area contributed by atoms with Crippen molar-refractivity contribution in [2.75, 3.05) is 5.32 Å². The van der Waals surface area contributed by atoms with Gasteiger partial charge in [-0.2, -0.15) is 5.10 Å². The minimum Gasteiger partial charge on any atom is -0.326 e. The molecule has 4 nitrogen and oxygen atoms in total. The number of carbonyl (C=O) groups is 1. The first-order valence-electron chi connectivity index (χ1n) is 8.22. The summed E-state index contributed by atoms with van der Waals surface area (Å²) in [5, 5.41) is 7.97. The van der Waals surface area contributed by atoms with Gasteiger partial charge in [0.2, 0.25) is 5.91 Å². The van der Waals surface area contributed by atoms with E-state index in [0.717, 1.165) is 28.2 Å². The first-order valence-corrected chi connectivity index (χ1v) is 8.60. The quantitative estimate of drug-likeness (QED) is 0.718. The Bertz CT molecular complexity index is 964. The summed E-state index contributed by atoms with van der Waals surface area (Å²) >= 11 is 6.00. The zero-order valence-electron chi connectivity index (χ0n) is 14.8. The predicted molar refractivity (Wildman–Crippen MR) is 102 cm³/mol. The Balaban J connectivity index is 1.82. The predicted octanol–water partition coefficient (Wildman–Crippen LogP) is 4.77. The molecule has 0 aliphatic rings. The Morgan fingerprint density at radius 3 is 2.54 bits per heavy atom. The maximum absolute atomic E-state index is 13.1. The van der Waals surface area contributed by atoms with Crippen molar-refractivity contribution in [3.8, 4) is 5.69 Å². The second kappa shape index (κ2) is 7.30. The molecule has 0 unspecified atom stereocenters. The lowest BCUT2D eigenvalue weighted by Crippen LogP contribution is -2.16. The SMILES string of the molecule is Cc1ccc(Cl)cc1NC(=O)Cc1c(C)nn(-c2ccc(F)cc2)c1C. The number of hydrogen-bond donors (Lipinski definition) is 1. The Labute approximate surface area is 156 Å². The molecule has 0 aliphatic heterocycles. The van der Waals surface area contributed by atoms with Crippen molar-refractivity contribution in [1.82, 2.24) is 9.78 Å². The molecule has 0 atom stereocenters. The van der Waals surface area contributed by atoms with E-state index in [-0.39, 0.29) is 18.1 Å². The minimum absolute atomic E-state index is 0.139. The van der Waals surface area contributed by atoms with E-state index in [1.807, 2.05) is 26.8 Å². The number of carbonyl (C=O) groups excluding carboxylic acids is 1. The number of hydrogen-bond acceptors (Lipinski definition) is 2. The standard InChI is InChI=1S/C20H19ClFN3O/c1-12-4-5-15(21)10-19(12)23-20(26)11-18-13(2)24-25(14(18)3)17-8-6-16(22)7-9-17/h4-10H,11H2,1-3H3,(H,23,26). The van der Waals surface area contributed by atoms with Gasteiger partial charge in [0.25, 0.3) is 0 Å². The van der Waals surface area contributed by atoms with E-state index in [1.54, 1.807) is 28.9 Å². The molecule has 1 aromatic heterocycles. The third-order valence-electron chi connectivity index (χ3n) is 4.32. The highest BCUT2D eigenvalue weighted by Crippen LogP contribution is 2.22. The molecule has 2 aromatic carbocycles. The van der Waals surface area contributed by atoms with Gasteiger partial charge in [0.15, 0.2) is 0 Å². The summed E-state index contributed by atoms with van der Waals surface area (Å²) in [6.07, 6.45) is 0.199. The first-order chi connectivity index (χ1) is 12.3. The molecule has 0 saturated carbocycles. The molecular weight excluding hydrogens is 353 g/mol. The molecular formula is C20H19ClFN3O. The van der Waals surface area contributed by atoms with Crippen LogP contribution in [0, 0.1) is 26.6 Å². The highest BCUT2D eigenvalue weighted by atomic mass is 35.5. The van der Waals surface area contributed by atoms with E-state index >= 15 is 0 Å². The number of nitrogens with one attached hydrogen (secondary N) is 1. The van der Waals surface area contributed by atoms with Crippen LogP contribution in [-0.4, -0.2) is 15.7 Å². The van der Waals surface area contributed by atoms with Crippen molar-refractivity contribution in [3.05, 3.63) is 75.8 Å². The summed E-state index contributed by atoms with van der Waals surface area (Å²) in [5.74, 6) is -0.438. The number of benzene rings is 2. The smallest absolute Gasteiger partial charge is 0.228 e. The molecule has 3 aromatic rings. The molecule has 0 spiro atoms. The van der Waals surface area contributed by atoms with E-state index in [0.29, 0.717) is 10.7 Å². The van der Waals surface area contributed by atoms with E-state index in [9.17, 15) is 9.18 Å². The third kappa shape index (κ3) is 3.78. The number of aromatic nitrogens is 2. The lowest BCUT2D eigenvalue weighted by molar-refractivity contribution is -0.115. The van der Waals surface area contributed by atoms with Gasteiger partial charge < -0.3 is 5.32 Å². The number of nitrogens with zero attached hydrogens (tertiary/aromatic N) is 2. The fourth-order valence-electron chi connectivity index (χ4n) is 2.85. The molecule has 0 saturated heterocycles. The molecule has 1 N–H and O–H groups in total. The number of halogens is 2. The van der Waals surface area contributed by atoms with Gasteiger partial charge in [-0.1, -0.05) is 17.7 Å². The van der Waals surface area contributed by atoms with E-state index in [1.165, 1.54) is 12.1 Å². The lowest BCUT2D eigenvalue weighted by atomic mass is 10.1. The van der Waals surface area contributed by atoms with Crippen LogP contribution in [-0.2, 0) is 11.2 Å². The average molecular weight is 372 g/mol. The molecule has 26 heavy (non-hydrogen) atoms. The van der Waals surface area contributed by atoms with Crippen molar-refractivity contribution in [1.29, 1.82) is 0 Å². The molecule has 3 rings (SSSR count). The fourth-order valence-corrected chi connectivity index (χ4v) is 3.02. The Kier molecular flexibility index (Phi) is 5.09. The van der Waals surface area contributed by atoms with E-state index < -0.39 is 0 Å². The Morgan fingerprint density at radius 1 is 1.15 bits per heavy atom. The van der Waals surface area contributed by atoms with Gasteiger partial charge in [-0.25, -0.2) is 9.07 Å². The van der Waals surface area contributed by atoms with Gasteiger partial charge in [-0.3, -0.25) is 4.79 Å². The number of anilines is 1. The number of rotatable bonds is 4. The largest absolute Gasteiger partial charge is 0.326 e. The first kappa shape index (κ1) is 18.1. The topological polar surface area (TPSA) is 46.9 Å². The van der Waals surface area contributed by atoms with Crippen LogP contribution in [0.5, 0.6) is 0 Å². The van der Waals surface area contributed by atoms with Crippen LogP contribution in [0.15, 0.2) is 42.5 Å². The van der Waals surface area contributed by atoms with Crippen LogP contribution in [0.3, 0.4) is 0 Å². The summed E-state index contributed by atoms with van der Waals surface area (Å²) in [7, 11) is 0. The van der Waals surface area contributed by atoms with Crippen molar-refractivity contribution < 1.29 is 9.18 Å². The molecule has 0 bridgehead atoms. The summed E-state index contributed by atoms with van der Waals surface area (Å²) in [5.41, 5.74) is 4.87. The van der Waals surface area contributed by atoms with E-state index in [4.69, 9.17) is 11.6 Å². The Hall–Kier alpha value is -2.66. The summed E-state index contributed by atoms with van der Waals surface area (Å²) < 4.78 is 14.9. The normalized spacial score (nSPS) is 10.8. The monoisotopic (exact) mass is 371 g/mol. The zero-order valence-corrected chi connectivity index (χ0v) is 15.6. The van der Waals surface area contributed by atoms with Crippen molar-refractivity contribution in [2.45, 2.75) is 27.2 Å².